The summed E-state index contributed by atoms with van der Waals surface area (Å²) < 4.78 is 13.8. The Morgan fingerprint density at radius 3 is 2.47 bits per heavy atom. The van der Waals surface area contributed by atoms with Crippen LogP contribution in [-0.2, 0) is 4.79 Å². The van der Waals surface area contributed by atoms with E-state index in [1.54, 1.807) is 13.0 Å². The lowest BCUT2D eigenvalue weighted by molar-refractivity contribution is -0.131. The summed E-state index contributed by atoms with van der Waals surface area (Å²) in [5, 5.41) is 1.18. The molecule has 0 spiro atoms. The standard InChI is InChI=1S/C13H21FN2O/c1-9-8-10(6-7-13(9,5)14)11(17)16(15)12(2,3)4/h6-9H,15H2,1-5H3. The molecular weight excluding hydrogens is 219 g/mol. The molecular formula is C13H21FN2O. The zero-order valence-electron chi connectivity index (χ0n) is 11.1. The fraction of sp³-hybridized carbons (Fsp3) is 0.615. The molecule has 2 atom stereocenters. The Balaban J connectivity index is 2.91. The molecule has 2 N–H and O–H groups in total. The summed E-state index contributed by atoms with van der Waals surface area (Å²) in [7, 11) is 0. The summed E-state index contributed by atoms with van der Waals surface area (Å²) >= 11 is 0. The molecule has 4 heteroatoms. The number of hydrogen-bond acceptors (Lipinski definition) is 2. The number of hydrogen-bond donors (Lipinski definition) is 1. The number of alkyl halides is 1. The van der Waals surface area contributed by atoms with Gasteiger partial charge in [-0.15, -0.1) is 0 Å². The minimum atomic E-state index is -1.40. The number of nitrogens with two attached hydrogens (primary N) is 1. The van der Waals surface area contributed by atoms with Gasteiger partial charge in [-0.25, -0.2) is 10.2 Å². The van der Waals surface area contributed by atoms with Crippen molar-refractivity contribution in [3.63, 3.8) is 0 Å². The van der Waals surface area contributed by atoms with Gasteiger partial charge in [-0.05, 0) is 33.8 Å². The van der Waals surface area contributed by atoms with Crippen molar-refractivity contribution in [2.45, 2.75) is 45.8 Å². The van der Waals surface area contributed by atoms with Crippen LogP contribution in [-0.4, -0.2) is 22.1 Å². The van der Waals surface area contributed by atoms with Gasteiger partial charge in [0.05, 0.1) is 5.54 Å². The van der Waals surface area contributed by atoms with Crippen molar-refractivity contribution in [2.24, 2.45) is 11.8 Å². The second-order valence-corrected chi connectivity index (χ2v) is 5.74. The van der Waals surface area contributed by atoms with Crippen LogP contribution in [0.3, 0.4) is 0 Å². The van der Waals surface area contributed by atoms with Crippen molar-refractivity contribution in [1.29, 1.82) is 0 Å². The van der Waals surface area contributed by atoms with Crippen LogP contribution >= 0.6 is 0 Å². The topological polar surface area (TPSA) is 46.3 Å². The van der Waals surface area contributed by atoms with E-state index in [9.17, 15) is 9.18 Å². The number of halogens is 1. The van der Waals surface area contributed by atoms with E-state index >= 15 is 0 Å². The molecule has 96 valence electrons. The largest absolute Gasteiger partial charge is 0.271 e. The normalized spacial score (nSPS) is 28.9. The highest BCUT2D eigenvalue weighted by atomic mass is 19.1. The number of rotatable bonds is 1. The van der Waals surface area contributed by atoms with Gasteiger partial charge in [-0.3, -0.25) is 9.80 Å². The van der Waals surface area contributed by atoms with Gasteiger partial charge in [-0.2, -0.15) is 0 Å². The quantitative estimate of drug-likeness (QED) is 0.434. The molecule has 2 unspecified atom stereocenters. The van der Waals surface area contributed by atoms with Crippen LogP contribution < -0.4 is 5.84 Å². The first kappa shape index (κ1) is 13.9. The number of allylic oxidation sites excluding steroid dienone is 2. The molecule has 1 amide bonds. The van der Waals surface area contributed by atoms with Gasteiger partial charge in [0.25, 0.3) is 5.91 Å². The molecule has 0 aromatic carbocycles. The zero-order chi connectivity index (χ0) is 13.4. The Hall–Kier alpha value is -1.16. The number of hydrazine groups is 1. The molecule has 0 aromatic heterocycles. The first-order chi connectivity index (χ1) is 7.55. The molecule has 3 nitrogen and oxygen atoms in total. The minimum absolute atomic E-state index is 0.281. The number of carbonyl (C=O) groups is 1. The second kappa shape index (κ2) is 4.26. The number of nitrogens with zero attached hydrogens (tertiary/aromatic N) is 1. The summed E-state index contributed by atoms with van der Waals surface area (Å²) in [5.41, 5.74) is -1.40. The molecule has 1 aliphatic rings. The highest BCUT2D eigenvalue weighted by molar-refractivity contribution is 5.96. The molecule has 0 saturated heterocycles. The van der Waals surface area contributed by atoms with Crippen molar-refractivity contribution in [1.82, 2.24) is 5.01 Å². The SMILES string of the molecule is CC1C=C(C(=O)N(N)C(C)(C)C)C=CC1(C)F. The Morgan fingerprint density at radius 1 is 1.53 bits per heavy atom. The maximum absolute atomic E-state index is 13.8. The fourth-order valence-electron chi connectivity index (χ4n) is 1.48. The molecule has 0 fully saturated rings. The fourth-order valence-corrected chi connectivity index (χ4v) is 1.48. The highest BCUT2D eigenvalue weighted by Crippen LogP contribution is 2.30. The monoisotopic (exact) mass is 240 g/mol. The van der Waals surface area contributed by atoms with E-state index in [4.69, 9.17) is 5.84 Å². The Bertz CT molecular complexity index is 377. The van der Waals surface area contributed by atoms with Crippen molar-refractivity contribution in [2.75, 3.05) is 0 Å². The van der Waals surface area contributed by atoms with Gasteiger partial charge in [0, 0.05) is 11.5 Å². The van der Waals surface area contributed by atoms with E-state index in [2.05, 4.69) is 0 Å². The van der Waals surface area contributed by atoms with Gasteiger partial charge >= 0.3 is 0 Å². The Kier molecular flexibility index (Phi) is 3.48. The van der Waals surface area contributed by atoms with Crippen molar-refractivity contribution >= 4 is 5.91 Å². The van der Waals surface area contributed by atoms with Crippen LogP contribution in [0.25, 0.3) is 0 Å². The third-order valence-electron chi connectivity index (χ3n) is 3.10. The van der Waals surface area contributed by atoms with E-state index in [1.807, 2.05) is 20.8 Å². The van der Waals surface area contributed by atoms with Crippen LogP contribution in [0.15, 0.2) is 23.8 Å². The molecule has 0 radical (unpaired) electrons. The maximum Gasteiger partial charge on any atom is 0.267 e. The van der Waals surface area contributed by atoms with Crippen LogP contribution in [0.1, 0.15) is 34.6 Å². The lowest BCUT2D eigenvalue weighted by Crippen LogP contribution is -2.51. The molecule has 0 aliphatic heterocycles. The van der Waals surface area contributed by atoms with E-state index in [0.717, 1.165) is 0 Å². The van der Waals surface area contributed by atoms with Gasteiger partial charge < -0.3 is 0 Å². The summed E-state index contributed by atoms with van der Waals surface area (Å²) in [5.74, 6) is 5.14. The van der Waals surface area contributed by atoms with E-state index < -0.39 is 11.2 Å². The third-order valence-corrected chi connectivity index (χ3v) is 3.10. The smallest absolute Gasteiger partial charge is 0.267 e. The van der Waals surface area contributed by atoms with Gasteiger partial charge in [-0.1, -0.05) is 19.1 Å². The average Bonchev–Trinajstić information content (AvgIpc) is 2.18. The third kappa shape index (κ3) is 2.94. The van der Waals surface area contributed by atoms with E-state index in [-0.39, 0.29) is 11.8 Å². The van der Waals surface area contributed by atoms with Crippen LogP contribution in [0, 0.1) is 5.92 Å². The van der Waals surface area contributed by atoms with Crippen LogP contribution in [0.4, 0.5) is 4.39 Å². The molecule has 0 saturated carbocycles. The molecule has 17 heavy (non-hydrogen) atoms. The lowest BCUT2D eigenvalue weighted by atomic mass is 9.85. The Labute approximate surface area is 102 Å². The first-order valence-corrected chi connectivity index (χ1v) is 5.75. The van der Waals surface area contributed by atoms with Crippen LogP contribution in [0.2, 0.25) is 0 Å². The number of carbonyl (C=O) groups excluding carboxylic acids is 1. The molecule has 1 aliphatic carbocycles. The summed E-state index contributed by atoms with van der Waals surface area (Å²) in [4.78, 5) is 12.1. The summed E-state index contributed by atoms with van der Waals surface area (Å²) in [6.45, 7) is 8.78. The first-order valence-electron chi connectivity index (χ1n) is 5.75. The van der Waals surface area contributed by atoms with Gasteiger partial charge in [0.1, 0.15) is 5.67 Å². The van der Waals surface area contributed by atoms with Crippen molar-refractivity contribution in [3.8, 4) is 0 Å². The maximum atomic E-state index is 13.8. The lowest BCUT2D eigenvalue weighted by Gasteiger charge is -2.33. The average molecular weight is 240 g/mol. The van der Waals surface area contributed by atoms with Crippen LogP contribution in [0.5, 0.6) is 0 Å². The summed E-state index contributed by atoms with van der Waals surface area (Å²) in [6, 6.07) is 0. The molecule has 0 heterocycles. The van der Waals surface area contributed by atoms with Gasteiger partial charge in [0.2, 0.25) is 0 Å². The highest BCUT2D eigenvalue weighted by Gasteiger charge is 2.32. The minimum Gasteiger partial charge on any atom is -0.271 e. The number of amides is 1. The molecule has 0 bridgehead atoms. The van der Waals surface area contributed by atoms with E-state index in [1.165, 1.54) is 24.1 Å². The van der Waals surface area contributed by atoms with Crippen molar-refractivity contribution < 1.29 is 9.18 Å². The zero-order valence-corrected chi connectivity index (χ0v) is 11.1. The Morgan fingerprint density at radius 2 is 2.06 bits per heavy atom. The predicted octanol–water partition coefficient (Wildman–Crippen LogP) is 2.35. The van der Waals surface area contributed by atoms with E-state index in [0.29, 0.717) is 5.57 Å². The molecule has 0 aromatic rings. The van der Waals surface area contributed by atoms with Crippen molar-refractivity contribution in [3.05, 3.63) is 23.8 Å². The second-order valence-electron chi connectivity index (χ2n) is 5.74. The van der Waals surface area contributed by atoms with Gasteiger partial charge in [0.15, 0.2) is 0 Å². The summed E-state index contributed by atoms with van der Waals surface area (Å²) in [6.07, 6.45) is 4.56. The molecule has 1 rings (SSSR count). The predicted molar refractivity (Wildman–Crippen MR) is 66.7 cm³/mol.